The summed E-state index contributed by atoms with van der Waals surface area (Å²) in [6.07, 6.45) is 3.36. The summed E-state index contributed by atoms with van der Waals surface area (Å²) in [6, 6.07) is 13.2. The molecular formula is C22H21Cl2N5O2. The molecule has 0 unspecified atom stereocenters. The maximum Gasteiger partial charge on any atom is 0.323 e. The number of carbonyl (C=O) groups is 2. The van der Waals surface area contributed by atoms with E-state index < -0.39 is 6.03 Å². The van der Waals surface area contributed by atoms with Gasteiger partial charge in [-0.05, 0) is 42.0 Å². The van der Waals surface area contributed by atoms with E-state index in [1.807, 2.05) is 31.1 Å². The van der Waals surface area contributed by atoms with Crippen LogP contribution in [-0.4, -0.2) is 31.0 Å². The number of anilines is 3. The van der Waals surface area contributed by atoms with Gasteiger partial charge in [-0.2, -0.15) is 0 Å². The Morgan fingerprint density at radius 2 is 1.84 bits per heavy atom. The number of hydrogen-bond acceptors (Lipinski definition) is 4. The van der Waals surface area contributed by atoms with Crippen molar-refractivity contribution in [2.75, 3.05) is 29.6 Å². The Labute approximate surface area is 190 Å². The number of amides is 3. The van der Waals surface area contributed by atoms with Gasteiger partial charge in [-0.15, -0.1) is 0 Å². The molecule has 31 heavy (non-hydrogen) atoms. The predicted molar refractivity (Wildman–Crippen MR) is 125 cm³/mol. The number of aromatic nitrogens is 1. The van der Waals surface area contributed by atoms with Crippen molar-refractivity contribution in [3.8, 4) is 0 Å². The molecule has 3 amide bonds. The highest BCUT2D eigenvalue weighted by Crippen LogP contribution is 2.30. The number of halogens is 2. The van der Waals surface area contributed by atoms with Gasteiger partial charge in [0.15, 0.2) is 0 Å². The third-order valence-electron chi connectivity index (χ3n) is 4.36. The largest absolute Gasteiger partial charge is 0.377 e. The summed E-state index contributed by atoms with van der Waals surface area (Å²) in [6.45, 7) is 0.338. The predicted octanol–water partition coefficient (Wildman–Crippen LogP) is 5.03. The van der Waals surface area contributed by atoms with Gasteiger partial charge in [0.05, 0.1) is 21.3 Å². The smallest absolute Gasteiger partial charge is 0.323 e. The van der Waals surface area contributed by atoms with Crippen LogP contribution in [0.15, 0.2) is 60.9 Å². The third kappa shape index (κ3) is 5.87. The second-order valence-electron chi connectivity index (χ2n) is 6.85. The van der Waals surface area contributed by atoms with Gasteiger partial charge in [0.2, 0.25) is 0 Å². The number of carbonyl (C=O) groups excluding carboxylic acids is 2. The Hall–Kier alpha value is -3.29. The van der Waals surface area contributed by atoms with Gasteiger partial charge in [0.1, 0.15) is 0 Å². The van der Waals surface area contributed by atoms with E-state index in [9.17, 15) is 9.59 Å². The molecule has 1 heterocycles. The lowest BCUT2D eigenvalue weighted by atomic mass is 10.1. The highest BCUT2D eigenvalue weighted by molar-refractivity contribution is 6.44. The van der Waals surface area contributed by atoms with Gasteiger partial charge in [0.25, 0.3) is 5.91 Å². The lowest BCUT2D eigenvalue weighted by Gasteiger charge is -2.19. The van der Waals surface area contributed by atoms with E-state index in [0.717, 1.165) is 5.56 Å². The van der Waals surface area contributed by atoms with E-state index in [0.29, 0.717) is 34.2 Å². The summed E-state index contributed by atoms with van der Waals surface area (Å²) in [5.74, 6) is -0.269. The van der Waals surface area contributed by atoms with E-state index in [-0.39, 0.29) is 10.9 Å². The molecule has 0 aliphatic rings. The average Bonchev–Trinajstić information content (AvgIpc) is 2.75. The van der Waals surface area contributed by atoms with Crippen LogP contribution in [0.1, 0.15) is 15.9 Å². The van der Waals surface area contributed by atoms with Crippen molar-refractivity contribution >= 4 is 52.2 Å². The molecule has 160 valence electrons. The molecular weight excluding hydrogens is 437 g/mol. The zero-order chi connectivity index (χ0) is 22.4. The fraction of sp³-hybridized carbons (Fsp3) is 0.136. The maximum absolute atomic E-state index is 12.8. The lowest BCUT2D eigenvalue weighted by Crippen LogP contribution is -2.26. The first kappa shape index (κ1) is 22.4. The van der Waals surface area contributed by atoms with Gasteiger partial charge in [-0.25, -0.2) is 4.79 Å². The molecule has 9 heteroatoms. The molecule has 0 saturated carbocycles. The zero-order valence-electron chi connectivity index (χ0n) is 16.9. The lowest BCUT2D eigenvalue weighted by molar-refractivity contribution is 0.0951. The number of nitrogens with zero attached hydrogens (tertiary/aromatic N) is 2. The molecule has 3 N–H and O–H groups in total. The van der Waals surface area contributed by atoms with Crippen LogP contribution in [0.4, 0.5) is 21.9 Å². The van der Waals surface area contributed by atoms with Crippen molar-refractivity contribution in [2.45, 2.75) is 6.54 Å². The molecule has 0 bridgehead atoms. The van der Waals surface area contributed by atoms with Crippen molar-refractivity contribution in [1.29, 1.82) is 0 Å². The van der Waals surface area contributed by atoms with Crippen LogP contribution >= 0.6 is 23.2 Å². The summed E-state index contributed by atoms with van der Waals surface area (Å²) >= 11 is 12.1. The fourth-order valence-corrected chi connectivity index (χ4v) is 3.20. The summed E-state index contributed by atoms with van der Waals surface area (Å²) in [5, 5.41) is 8.82. The third-order valence-corrected chi connectivity index (χ3v) is 5.18. The fourth-order valence-electron chi connectivity index (χ4n) is 2.85. The number of pyridine rings is 1. The van der Waals surface area contributed by atoms with Gasteiger partial charge >= 0.3 is 6.03 Å². The van der Waals surface area contributed by atoms with Crippen molar-refractivity contribution < 1.29 is 9.59 Å². The van der Waals surface area contributed by atoms with E-state index in [4.69, 9.17) is 23.2 Å². The van der Waals surface area contributed by atoms with Crippen molar-refractivity contribution in [2.24, 2.45) is 0 Å². The number of nitrogens with one attached hydrogen (secondary N) is 3. The summed E-state index contributed by atoms with van der Waals surface area (Å²) in [5.41, 5.74) is 2.85. The Morgan fingerprint density at radius 3 is 2.55 bits per heavy atom. The molecule has 0 saturated heterocycles. The monoisotopic (exact) mass is 457 g/mol. The highest BCUT2D eigenvalue weighted by Gasteiger charge is 2.15. The highest BCUT2D eigenvalue weighted by atomic mass is 35.5. The number of hydrogen-bond donors (Lipinski definition) is 3. The molecule has 0 aliphatic heterocycles. The molecule has 1 aromatic heterocycles. The molecule has 7 nitrogen and oxygen atoms in total. The number of urea groups is 1. The number of rotatable bonds is 6. The zero-order valence-corrected chi connectivity index (χ0v) is 18.5. The maximum atomic E-state index is 12.8. The number of benzene rings is 2. The summed E-state index contributed by atoms with van der Waals surface area (Å²) in [4.78, 5) is 31.1. The SMILES string of the molecule is CN(C)c1ccc(NC(=O)Nc2cccc(Cl)c2Cl)cc1C(=O)NCc1cccnc1. The second kappa shape index (κ2) is 10.1. The summed E-state index contributed by atoms with van der Waals surface area (Å²) < 4.78 is 0. The van der Waals surface area contributed by atoms with Crippen LogP contribution in [0, 0.1) is 0 Å². The second-order valence-corrected chi connectivity index (χ2v) is 7.64. The van der Waals surface area contributed by atoms with Crippen LogP contribution in [-0.2, 0) is 6.54 Å². The van der Waals surface area contributed by atoms with Crippen molar-refractivity contribution in [1.82, 2.24) is 10.3 Å². The van der Waals surface area contributed by atoms with Crippen LogP contribution < -0.4 is 20.9 Å². The van der Waals surface area contributed by atoms with Crippen LogP contribution in [0.5, 0.6) is 0 Å². The van der Waals surface area contributed by atoms with Gasteiger partial charge in [-0.1, -0.05) is 35.3 Å². The minimum atomic E-state index is -0.511. The quantitative estimate of drug-likeness (QED) is 0.484. The van der Waals surface area contributed by atoms with Gasteiger partial charge in [-0.3, -0.25) is 9.78 Å². The Kier molecular flexibility index (Phi) is 7.33. The molecule has 0 aliphatic carbocycles. The minimum Gasteiger partial charge on any atom is -0.377 e. The standard InChI is InChI=1S/C22H21Cl2N5O2/c1-29(2)19-9-8-15(27-22(31)28-18-7-3-6-17(23)20(18)24)11-16(19)21(30)26-13-14-5-4-10-25-12-14/h3-12H,13H2,1-2H3,(H,26,30)(H2,27,28,31). The molecule has 0 fully saturated rings. The first-order chi connectivity index (χ1) is 14.8. The first-order valence-electron chi connectivity index (χ1n) is 9.35. The van der Waals surface area contributed by atoms with E-state index >= 15 is 0 Å². The van der Waals surface area contributed by atoms with Crippen LogP contribution in [0.25, 0.3) is 0 Å². The first-order valence-corrected chi connectivity index (χ1v) is 10.1. The van der Waals surface area contributed by atoms with Crippen LogP contribution in [0.2, 0.25) is 10.0 Å². The molecule has 3 aromatic rings. The minimum absolute atomic E-state index is 0.248. The molecule has 2 aromatic carbocycles. The van der Waals surface area contributed by atoms with Gasteiger partial charge < -0.3 is 20.9 Å². The molecule has 0 spiro atoms. The topological polar surface area (TPSA) is 86.4 Å². The molecule has 3 rings (SSSR count). The molecule has 0 radical (unpaired) electrons. The summed E-state index contributed by atoms with van der Waals surface area (Å²) in [7, 11) is 3.68. The molecule has 0 atom stereocenters. The van der Waals surface area contributed by atoms with E-state index in [1.165, 1.54) is 0 Å². The Morgan fingerprint density at radius 1 is 1.03 bits per heavy atom. The van der Waals surface area contributed by atoms with Crippen LogP contribution in [0.3, 0.4) is 0 Å². The Bertz CT molecular complexity index is 1090. The van der Waals surface area contributed by atoms with Gasteiger partial charge in [0, 0.05) is 44.4 Å². The van der Waals surface area contributed by atoms with Crippen molar-refractivity contribution in [3.05, 3.63) is 82.1 Å². The Balaban J connectivity index is 1.75. The normalized spacial score (nSPS) is 10.3. The average molecular weight is 458 g/mol. The van der Waals surface area contributed by atoms with Crippen molar-refractivity contribution in [3.63, 3.8) is 0 Å². The van der Waals surface area contributed by atoms with E-state index in [2.05, 4.69) is 20.9 Å². The van der Waals surface area contributed by atoms with E-state index in [1.54, 1.807) is 48.8 Å².